The molecular formula is C12H14F2N2. The van der Waals surface area contributed by atoms with Gasteiger partial charge in [-0.25, -0.2) is 8.78 Å². The molecule has 0 unspecified atom stereocenters. The van der Waals surface area contributed by atoms with Gasteiger partial charge in [0.05, 0.1) is 17.6 Å². The number of halogens is 2. The summed E-state index contributed by atoms with van der Waals surface area (Å²) in [6.07, 6.45) is 3.26. The van der Waals surface area contributed by atoms with E-state index in [9.17, 15) is 8.78 Å². The van der Waals surface area contributed by atoms with Crippen molar-refractivity contribution < 1.29 is 8.78 Å². The number of alkyl halides is 2. The van der Waals surface area contributed by atoms with E-state index in [4.69, 9.17) is 5.73 Å². The first-order chi connectivity index (χ1) is 7.48. The third-order valence-corrected chi connectivity index (χ3v) is 2.81. The summed E-state index contributed by atoms with van der Waals surface area (Å²) >= 11 is 0. The number of hydrogen-bond donors (Lipinski definition) is 1. The molecule has 1 heterocycles. The fourth-order valence-corrected chi connectivity index (χ4v) is 1.94. The van der Waals surface area contributed by atoms with E-state index >= 15 is 0 Å². The van der Waals surface area contributed by atoms with Gasteiger partial charge in [0.1, 0.15) is 0 Å². The second-order valence-electron chi connectivity index (χ2n) is 4.22. The highest BCUT2D eigenvalue weighted by Gasteiger charge is 2.31. The summed E-state index contributed by atoms with van der Waals surface area (Å²) in [6.45, 7) is 1.90. The van der Waals surface area contributed by atoms with Crippen LogP contribution in [0, 0.1) is 6.92 Å². The van der Waals surface area contributed by atoms with Gasteiger partial charge in [-0.3, -0.25) is 4.98 Å². The molecule has 0 radical (unpaired) electrons. The molecule has 0 saturated heterocycles. The van der Waals surface area contributed by atoms with Crippen molar-refractivity contribution in [3.8, 4) is 0 Å². The molecule has 0 saturated carbocycles. The van der Waals surface area contributed by atoms with Gasteiger partial charge in [-0.05, 0) is 30.5 Å². The molecule has 1 aromatic rings. The molecule has 16 heavy (non-hydrogen) atoms. The minimum atomic E-state index is -2.55. The molecule has 2 nitrogen and oxygen atoms in total. The Labute approximate surface area is 93.2 Å². The van der Waals surface area contributed by atoms with E-state index in [1.54, 1.807) is 12.3 Å². The maximum absolute atomic E-state index is 13.0. The molecule has 0 bridgehead atoms. The maximum atomic E-state index is 13.0. The van der Waals surface area contributed by atoms with Crippen LogP contribution in [0.15, 0.2) is 18.3 Å². The Kier molecular flexibility index (Phi) is 2.66. The highest BCUT2D eigenvalue weighted by Crippen LogP contribution is 2.36. The lowest BCUT2D eigenvalue weighted by Gasteiger charge is -2.21. The SMILES string of the molecule is Cc1cc(N)cnc1C1=CCC(F)(F)CC1. The quantitative estimate of drug-likeness (QED) is 0.795. The summed E-state index contributed by atoms with van der Waals surface area (Å²) in [5.74, 6) is -2.55. The lowest BCUT2D eigenvalue weighted by atomic mass is 9.92. The number of anilines is 1. The molecule has 4 heteroatoms. The molecule has 86 valence electrons. The number of allylic oxidation sites excluding steroid dienone is 2. The van der Waals surface area contributed by atoms with E-state index in [0.717, 1.165) is 16.8 Å². The largest absolute Gasteiger partial charge is 0.397 e. The van der Waals surface area contributed by atoms with Crippen molar-refractivity contribution in [1.29, 1.82) is 0 Å². The van der Waals surface area contributed by atoms with E-state index < -0.39 is 5.92 Å². The molecule has 0 atom stereocenters. The average molecular weight is 224 g/mol. The minimum absolute atomic E-state index is 0.0929. The Balaban J connectivity index is 2.29. The fourth-order valence-electron chi connectivity index (χ4n) is 1.94. The van der Waals surface area contributed by atoms with Gasteiger partial charge in [0.25, 0.3) is 5.92 Å². The van der Waals surface area contributed by atoms with E-state index in [-0.39, 0.29) is 12.8 Å². The molecule has 1 aliphatic rings. The number of aromatic nitrogens is 1. The van der Waals surface area contributed by atoms with Gasteiger partial charge in [-0.15, -0.1) is 0 Å². The van der Waals surface area contributed by atoms with E-state index in [2.05, 4.69) is 4.98 Å². The Morgan fingerprint density at radius 2 is 2.19 bits per heavy atom. The number of nitrogen functional groups attached to an aromatic ring is 1. The monoisotopic (exact) mass is 224 g/mol. The van der Waals surface area contributed by atoms with Crippen molar-refractivity contribution in [1.82, 2.24) is 4.98 Å². The number of pyridine rings is 1. The zero-order valence-electron chi connectivity index (χ0n) is 9.13. The molecule has 1 aromatic heterocycles. The van der Waals surface area contributed by atoms with Crippen molar-refractivity contribution in [3.63, 3.8) is 0 Å². The van der Waals surface area contributed by atoms with Crippen LogP contribution in [-0.4, -0.2) is 10.9 Å². The van der Waals surface area contributed by atoms with E-state index in [0.29, 0.717) is 12.1 Å². The first-order valence-electron chi connectivity index (χ1n) is 5.27. The van der Waals surface area contributed by atoms with Gasteiger partial charge in [0, 0.05) is 12.8 Å². The average Bonchev–Trinajstić information content (AvgIpc) is 2.19. The van der Waals surface area contributed by atoms with Crippen LogP contribution in [0.25, 0.3) is 5.57 Å². The lowest BCUT2D eigenvalue weighted by molar-refractivity contribution is -0.00606. The first-order valence-corrected chi connectivity index (χ1v) is 5.27. The first kappa shape index (κ1) is 11.0. The Morgan fingerprint density at radius 3 is 2.75 bits per heavy atom. The van der Waals surface area contributed by atoms with Crippen molar-refractivity contribution >= 4 is 11.3 Å². The van der Waals surface area contributed by atoms with Crippen LogP contribution in [0.4, 0.5) is 14.5 Å². The van der Waals surface area contributed by atoms with Crippen molar-refractivity contribution in [2.45, 2.75) is 32.1 Å². The number of rotatable bonds is 1. The summed E-state index contributed by atoms with van der Waals surface area (Å²) in [5, 5.41) is 0. The van der Waals surface area contributed by atoms with Crippen LogP contribution in [-0.2, 0) is 0 Å². The predicted octanol–water partition coefficient (Wildman–Crippen LogP) is 3.17. The van der Waals surface area contributed by atoms with Crippen LogP contribution in [0.2, 0.25) is 0 Å². The van der Waals surface area contributed by atoms with Crippen LogP contribution < -0.4 is 5.73 Å². The van der Waals surface area contributed by atoms with Gasteiger partial charge in [0.15, 0.2) is 0 Å². The lowest BCUT2D eigenvalue weighted by Crippen LogP contribution is -2.18. The third kappa shape index (κ3) is 2.21. The number of hydrogen-bond acceptors (Lipinski definition) is 2. The van der Waals surface area contributed by atoms with E-state index in [1.807, 2.05) is 13.0 Å². The van der Waals surface area contributed by atoms with Gasteiger partial charge in [-0.1, -0.05) is 6.08 Å². The number of aryl methyl sites for hydroxylation is 1. The molecule has 2 N–H and O–H groups in total. The van der Waals surface area contributed by atoms with Crippen LogP contribution in [0.5, 0.6) is 0 Å². The maximum Gasteiger partial charge on any atom is 0.251 e. The molecule has 0 spiro atoms. The topological polar surface area (TPSA) is 38.9 Å². The zero-order valence-corrected chi connectivity index (χ0v) is 9.13. The summed E-state index contributed by atoms with van der Waals surface area (Å²) in [7, 11) is 0. The normalized spacial score (nSPS) is 19.3. The van der Waals surface area contributed by atoms with Crippen molar-refractivity contribution in [2.24, 2.45) is 0 Å². The molecule has 1 aliphatic carbocycles. The second kappa shape index (κ2) is 3.85. The predicted molar refractivity (Wildman–Crippen MR) is 60.2 cm³/mol. The summed E-state index contributed by atoms with van der Waals surface area (Å²) in [4.78, 5) is 4.21. The molecular weight excluding hydrogens is 210 g/mol. The Bertz CT molecular complexity index is 439. The molecule has 0 aromatic carbocycles. The summed E-state index contributed by atoms with van der Waals surface area (Å²) < 4.78 is 25.9. The minimum Gasteiger partial charge on any atom is -0.397 e. The Hall–Kier alpha value is -1.45. The smallest absolute Gasteiger partial charge is 0.251 e. The van der Waals surface area contributed by atoms with Gasteiger partial charge < -0.3 is 5.73 Å². The Morgan fingerprint density at radius 1 is 1.44 bits per heavy atom. The van der Waals surface area contributed by atoms with Crippen molar-refractivity contribution in [2.75, 3.05) is 5.73 Å². The van der Waals surface area contributed by atoms with Crippen LogP contribution in [0.3, 0.4) is 0 Å². The number of nitrogens with two attached hydrogens (primary N) is 1. The van der Waals surface area contributed by atoms with E-state index in [1.165, 1.54) is 0 Å². The molecule has 2 rings (SSSR count). The molecule has 0 amide bonds. The summed E-state index contributed by atoms with van der Waals surface area (Å²) in [5.41, 5.74) is 8.84. The third-order valence-electron chi connectivity index (χ3n) is 2.81. The highest BCUT2D eigenvalue weighted by atomic mass is 19.3. The number of nitrogens with zero attached hydrogens (tertiary/aromatic N) is 1. The van der Waals surface area contributed by atoms with Crippen molar-refractivity contribution in [3.05, 3.63) is 29.6 Å². The molecule has 0 aliphatic heterocycles. The summed E-state index contributed by atoms with van der Waals surface area (Å²) in [6, 6.07) is 1.82. The van der Waals surface area contributed by atoms with Gasteiger partial charge in [-0.2, -0.15) is 0 Å². The zero-order chi connectivity index (χ0) is 11.8. The fraction of sp³-hybridized carbons (Fsp3) is 0.417. The van der Waals surface area contributed by atoms with Gasteiger partial charge >= 0.3 is 0 Å². The van der Waals surface area contributed by atoms with Crippen LogP contribution >= 0.6 is 0 Å². The van der Waals surface area contributed by atoms with Gasteiger partial charge in [0.2, 0.25) is 0 Å². The highest BCUT2D eigenvalue weighted by molar-refractivity contribution is 5.67. The molecule has 0 fully saturated rings. The van der Waals surface area contributed by atoms with Crippen LogP contribution in [0.1, 0.15) is 30.5 Å². The standard InChI is InChI=1S/C12H14F2N2/c1-8-6-10(15)7-16-11(8)9-2-4-12(13,14)5-3-9/h2,6-7H,3-5,15H2,1H3. The second-order valence-corrected chi connectivity index (χ2v) is 4.22.